The quantitative estimate of drug-likeness (QED) is 0.708. The van der Waals surface area contributed by atoms with Crippen LogP contribution in [-0.4, -0.2) is 21.7 Å². The van der Waals surface area contributed by atoms with Crippen LogP contribution < -0.4 is 5.32 Å². The Hall–Kier alpha value is -2.95. The number of aryl methyl sites for hydroxylation is 1. The molecule has 1 N–H and O–H groups in total. The number of aromatic nitrogens is 2. The molecule has 5 heteroatoms. The lowest BCUT2D eigenvalue weighted by Gasteiger charge is -2.17. The second kappa shape index (κ2) is 7.74. The summed E-state index contributed by atoms with van der Waals surface area (Å²) in [5.74, 6) is -0.167. The Bertz CT molecular complexity index is 944. The van der Waals surface area contributed by atoms with E-state index in [-0.39, 0.29) is 17.8 Å². The van der Waals surface area contributed by atoms with E-state index >= 15 is 0 Å². The maximum atomic E-state index is 13.3. The molecule has 27 heavy (non-hydrogen) atoms. The summed E-state index contributed by atoms with van der Waals surface area (Å²) in [6, 6.07) is 15.7. The largest absolute Gasteiger partial charge is 0.348 e. The van der Waals surface area contributed by atoms with Gasteiger partial charge in [-0.15, -0.1) is 0 Å². The molecule has 0 aliphatic rings. The molecule has 0 aliphatic carbocycles. The van der Waals surface area contributed by atoms with Crippen molar-refractivity contribution in [2.75, 3.05) is 0 Å². The summed E-state index contributed by atoms with van der Waals surface area (Å²) in [6.45, 7) is 8.10. The minimum absolute atomic E-state index is 0.0348. The van der Waals surface area contributed by atoms with E-state index in [4.69, 9.17) is 0 Å². The zero-order chi connectivity index (χ0) is 19.6. The first kappa shape index (κ1) is 18.8. The molecule has 1 amide bonds. The molecule has 0 radical (unpaired) electrons. The highest BCUT2D eigenvalue weighted by Crippen LogP contribution is 2.23. The number of rotatable bonds is 5. The van der Waals surface area contributed by atoms with Crippen molar-refractivity contribution in [3.63, 3.8) is 0 Å². The van der Waals surface area contributed by atoms with Crippen LogP contribution in [0.3, 0.4) is 0 Å². The van der Waals surface area contributed by atoms with Crippen LogP contribution in [0.15, 0.2) is 54.6 Å². The molecule has 0 saturated heterocycles. The summed E-state index contributed by atoms with van der Waals surface area (Å²) < 4.78 is 14.9. The third-order valence-corrected chi connectivity index (χ3v) is 4.69. The molecule has 0 unspecified atom stereocenters. The van der Waals surface area contributed by atoms with Gasteiger partial charge in [-0.05, 0) is 67.8 Å². The second-order valence-electron chi connectivity index (χ2n) is 7.18. The summed E-state index contributed by atoms with van der Waals surface area (Å²) in [4.78, 5) is 12.9. The number of carbonyl (C=O) groups excluding carboxylic acids is 1. The molecule has 140 valence electrons. The van der Waals surface area contributed by atoms with E-state index in [9.17, 15) is 9.18 Å². The Labute approximate surface area is 159 Å². The third-order valence-electron chi connectivity index (χ3n) is 4.69. The molecule has 1 aromatic heterocycles. The first-order valence-electron chi connectivity index (χ1n) is 9.09. The van der Waals surface area contributed by atoms with Gasteiger partial charge < -0.3 is 5.32 Å². The predicted molar refractivity (Wildman–Crippen MR) is 105 cm³/mol. The fourth-order valence-electron chi connectivity index (χ4n) is 2.71. The van der Waals surface area contributed by atoms with Gasteiger partial charge >= 0.3 is 0 Å². The lowest BCUT2D eigenvalue weighted by Crippen LogP contribution is -2.37. The van der Waals surface area contributed by atoms with Crippen molar-refractivity contribution in [2.24, 2.45) is 5.92 Å². The fraction of sp³-hybridized carbons (Fsp3) is 0.273. The number of carbonyl (C=O) groups is 1. The molecule has 3 rings (SSSR count). The molecular weight excluding hydrogens is 341 g/mol. The monoisotopic (exact) mass is 365 g/mol. The van der Waals surface area contributed by atoms with E-state index < -0.39 is 0 Å². The van der Waals surface area contributed by atoms with E-state index in [1.807, 2.05) is 38.1 Å². The maximum Gasteiger partial charge on any atom is 0.270 e. The average Bonchev–Trinajstić information content (AvgIpc) is 3.07. The molecule has 4 nitrogen and oxygen atoms in total. The predicted octanol–water partition coefficient (Wildman–Crippen LogP) is 4.76. The van der Waals surface area contributed by atoms with Gasteiger partial charge in [0.15, 0.2) is 0 Å². The van der Waals surface area contributed by atoms with Crippen LogP contribution in [0.4, 0.5) is 4.39 Å². The highest BCUT2D eigenvalue weighted by molar-refractivity contribution is 5.94. The Morgan fingerprint density at radius 3 is 2.41 bits per heavy atom. The van der Waals surface area contributed by atoms with Crippen LogP contribution in [0.25, 0.3) is 16.9 Å². The van der Waals surface area contributed by atoms with Crippen molar-refractivity contribution in [3.05, 3.63) is 71.7 Å². The number of halogens is 1. The first-order valence-corrected chi connectivity index (χ1v) is 9.09. The zero-order valence-corrected chi connectivity index (χ0v) is 16.0. The number of benzene rings is 2. The van der Waals surface area contributed by atoms with Crippen LogP contribution in [0, 0.1) is 18.7 Å². The number of nitrogens with one attached hydrogen (secondary N) is 1. The normalized spacial score (nSPS) is 12.2. The average molecular weight is 365 g/mol. The van der Waals surface area contributed by atoms with Crippen LogP contribution in [0.5, 0.6) is 0 Å². The zero-order valence-electron chi connectivity index (χ0n) is 16.0. The summed E-state index contributed by atoms with van der Waals surface area (Å²) in [5, 5.41) is 7.66. The Kier molecular flexibility index (Phi) is 5.40. The molecular formula is C22H24FN3O. The van der Waals surface area contributed by atoms with E-state index in [1.54, 1.807) is 22.9 Å². The van der Waals surface area contributed by atoms with E-state index in [0.29, 0.717) is 17.3 Å². The van der Waals surface area contributed by atoms with Crippen LogP contribution in [0.2, 0.25) is 0 Å². The van der Waals surface area contributed by atoms with Gasteiger partial charge in [-0.1, -0.05) is 26.0 Å². The Balaban J connectivity index is 2.06. The van der Waals surface area contributed by atoms with Gasteiger partial charge in [0.25, 0.3) is 5.91 Å². The van der Waals surface area contributed by atoms with E-state index in [0.717, 1.165) is 16.8 Å². The third kappa shape index (κ3) is 4.25. The van der Waals surface area contributed by atoms with Crippen molar-refractivity contribution in [3.8, 4) is 16.9 Å². The van der Waals surface area contributed by atoms with Gasteiger partial charge in [-0.3, -0.25) is 4.79 Å². The maximum absolute atomic E-state index is 13.3. The van der Waals surface area contributed by atoms with Crippen molar-refractivity contribution in [1.29, 1.82) is 0 Å². The lowest BCUT2D eigenvalue weighted by molar-refractivity contribution is 0.0922. The topological polar surface area (TPSA) is 46.9 Å². The SMILES string of the molecule is Cc1cccc(-n2nc(-c3ccc(F)cc3)cc2C(=O)N[C@@H](C)C(C)C)c1. The van der Waals surface area contributed by atoms with Crippen molar-refractivity contribution < 1.29 is 9.18 Å². The molecule has 3 aromatic rings. The highest BCUT2D eigenvalue weighted by atomic mass is 19.1. The van der Waals surface area contributed by atoms with Gasteiger partial charge in [0, 0.05) is 11.6 Å². The second-order valence-corrected chi connectivity index (χ2v) is 7.18. The number of hydrogen-bond acceptors (Lipinski definition) is 2. The molecule has 0 saturated carbocycles. The van der Waals surface area contributed by atoms with Gasteiger partial charge in [-0.2, -0.15) is 5.10 Å². The van der Waals surface area contributed by atoms with Crippen molar-refractivity contribution in [1.82, 2.24) is 15.1 Å². The van der Waals surface area contributed by atoms with Gasteiger partial charge in [0.05, 0.1) is 11.4 Å². The standard InChI is InChI=1S/C22H24FN3O/c1-14(2)16(4)24-22(27)21-13-20(17-8-10-18(23)11-9-17)25-26(21)19-7-5-6-15(3)12-19/h5-14,16H,1-4H3,(H,24,27)/t16-/m0/s1. The van der Waals surface area contributed by atoms with Crippen LogP contribution in [-0.2, 0) is 0 Å². The molecule has 0 fully saturated rings. The van der Waals surface area contributed by atoms with Gasteiger partial charge in [0.2, 0.25) is 0 Å². The number of nitrogens with zero attached hydrogens (tertiary/aromatic N) is 2. The minimum atomic E-state index is -0.305. The minimum Gasteiger partial charge on any atom is -0.348 e. The smallest absolute Gasteiger partial charge is 0.270 e. The number of amides is 1. The molecule has 0 spiro atoms. The van der Waals surface area contributed by atoms with Crippen molar-refractivity contribution in [2.45, 2.75) is 33.7 Å². The van der Waals surface area contributed by atoms with E-state index in [2.05, 4.69) is 24.3 Å². The molecule has 1 heterocycles. The van der Waals surface area contributed by atoms with Crippen LogP contribution >= 0.6 is 0 Å². The van der Waals surface area contributed by atoms with Crippen molar-refractivity contribution >= 4 is 5.91 Å². The summed E-state index contributed by atoms with van der Waals surface area (Å²) in [5.41, 5.74) is 3.72. The highest BCUT2D eigenvalue weighted by Gasteiger charge is 2.20. The lowest BCUT2D eigenvalue weighted by atomic mass is 10.1. The van der Waals surface area contributed by atoms with Gasteiger partial charge in [0.1, 0.15) is 11.5 Å². The number of hydrogen-bond donors (Lipinski definition) is 1. The molecule has 2 aromatic carbocycles. The van der Waals surface area contributed by atoms with E-state index in [1.165, 1.54) is 12.1 Å². The molecule has 1 atom stereocenters. The summed E-state index contributed by atoms with van der Waals surface area (Å²) >= 11 is 0. The fourth-order valence-corrected chi connectivity index (χ4v) is 2.71. The Morgan fingerprint density at radius 2 is 1.78 bits per heavy atom. The Morgan fingerprint density at radius 1 is 1.07 bits per heavy atom. The molecule has 0 bridgehead atoms. The molecule has 0 aliphatic heterocycles. The summed E-state index contributed by atoms with van der Waals surface area (Å²) in [7, 11) is 0. The first-order chi connectivity index (χ1) is 12.8. The summed E-state index contributed by atoms with van der Waals surface area (Å²) in [6.07, 6.45) is 0. The van der Waals surface area contributed by atoms with Crippen LogP contribution in [0.1, 0.15) is 36.8 Å². The van der Waals surface area contributed by atoms with Gasteiger partial charge in [-0.25, -0.2) is 9.07 Å².